The minimum absolute atomic E-state index is 0.0152. The van der Waals surface area contributed by atoms with E-state index in [1.165, 1.54) is 0 Å². The fourth-order valence-corrected chi connectivity index (χ4v) is 2.81. The van der Waals surface area contributed by atoms with E-state index in [1.54, 1.807) is 6.07 Å². The monoisotopic (exact) mass is 267 g/mol. The van der Waals surface area contributed by atoms with Gasteiger partial charge in [-0.2, -0.15) is 0 Å². The number of phenols is 1. The number of hydrogen-bond acceptors (Lipinski definition) is 2. The highest BCUT2D eigenvalue weighted by Gasteiger charge is 2.23. The molecule has 3 rings (SSSR count). The van der Waals surface area contributed by atoms with Crippen molar-refractivity contribution in [2.24, 2.45) is 0 Å². The number of carbonyl (C=O) groups is 1. The zero-order valence-corrected chi connectivity index (χ0v) is 11.2. The maximum absolute atomic E-state index is 12.2. The third-order valence-corrected chi connectivity index (χ3v) is 3.82. The van der Waals surface area contributed by atoms with Gasteiger partial charge < -0.3 is 10.4 Å². The van der Waals surface area contributed by atoms with Crippen LogP contribution in [0.1, 0.15) is 40.4 Å². The van der Waals surface area contributed by atoms with E-state index >= 15 is 0 Å². The number of aromatic hydroxyl groups is 1. The first kappa shape index (κ1) is 12.7. The summed E-state index contributed by atoms with van der Waals surface area (Å²) in [5.41, 5.74) is 2.68. The van der Waals surface area contributed by atoms with Gasteiger partial charge >= 0.3 is 0 Å². The molecule has 0 bridgehead atoms. The maximum atomic E-state index is 12.2. The maximum Gasteiger partial charge on any atom is 0.251 e. The van der Waals surface area contributed by atoms with Crippen LogP contribution in [0.3, 0.4) is 0 Å². The van der Waals surface area contributed by atoms with E-state index in [4.69, 9.17) is 0 Å². The lowest BCUT2D eigenvalue weighted by atomic mass is 9.87. The molecule has 0 heterocycles. The Balaban J connectivity index is 1.84. The number of rotatable bonds is 2. The molecule has 1 atom stereocenters. The SMILES string of the molecule is O=C(NC1CCCc2c(O)cccc21)c1ccccc1. The van der Waals surface area contributed by atoms with Gasteiger partial charge in [-0.15, -0.1) is 0 Å². The van der Waals surface area contributed by atoms with Crippen LogP contribution in [0.15, 0.2) is 48.5 Å². The Morgan fingerprint density at radius 1 is 1.10 bits per heavy atom. The smallest absolute Gasteiger partial charge is 0.251 e. The molecule has 1 aliphatic carbocycles. The van der Waals surface area contributed by atoms with Gasteiger partial charge in [0.05, 0.1) is 6.04 Å². The van der Waals surface area contributed by atoms with Gasteiger partial charge in [0.25, 0.3) is 5.91 Å². The lowest BCUT2D eigenvalue weighted by Crippen LogP contribution is -2.30. The van der Waals surface area contributed by atoms with E-state index in [9.17, 15) is 9.90 Å². The summed E-state index contributed by atoms with van der Waals surface area (Å²) in [6.45, 7) is 0. The number of benzene rings is 2. The third-order valence-electron chi connectivity index (χ3n) is 3.82. The molecule has 2 N–H and O–H groups in total. The van der Waals surface area contributed by atoms with E-state index in [1.807, 2.05) is 42.5 Å². The average molecular weight is 267 g/mol. The second-order valence-corrected chi connectivity index (χ2v) is 5.13. The number of nitrogens with one attached hydrogen (secondary N) is 1. The number of phenolic OH excluding ortho intramolecular Hbond substituents is 1. The van der Waals surface area contributed by atoms with Gasteiger partial charge in [0, 0.05) is 5.56 Å². The largest absolute Gasteiger partial charge is 0.508 e. The standard InChI is InChI=1S/C17H17NO2/c19-16-11-5-8-13-14(16)9-4-10-15(13)18-17(20)12-6-2-1-3-7-12/h1-3,5-8,11,15,19H,4,9-10H2,(H,18,20). The molecule has 0 spiro atoms. The Kier molecular flexibility index (Phi) is 3.42. The van der Waals surface area contributed by atoms with Crippen LogP contribution in [0.4, 0.5) is 0 Å². The molecule has 0 fully saturated rings. The fraction of sp³-hybridized carbons (Fsp3) is 0.235. The van der Waals surface area contributed by atoms with E-state index in [2.05, 4.69) is 5.32 Å². The summed E-state index contributed by atoms with van der Waals surface area (Å²) in [7, 11) is 0. The predicted octanol–water partition coefficient (Wildman–Crippen LogP) is 3.20. The number of fused-ring (bicyclic) bond motifs is 1. The molecule has 0 aromatic heterocycles. The predicted molar refractivity (Wildman–Crippen MR) is 77.7 cm³/mol. The van der Waals surface area contributed by atoms with Crippen molar-refractivity contribution >= 4 is 5.91 Å². The van der Waals surface area contributed by atoms with Gasteiger partial charge in [0.1, 0.15) is 5.75 Å². The molecule has 0 aliphatic heterocycles. The van der Waals surface area contributed by atoms with Crippen LogP contribution in [-0.4, -0.2) is 11.0 Å². The molecule has 0 radical (unpaired) electrons. The van der Waals surface area contributed by atoms with E-state index in [0.29, 0.717) is 11.3 Å². The van der Waals surface area contributed by atoms with Crippen LogP contribution in [0, 0.1) is 0 Å². The second-order valence-electron chi connectivity index (χ2n) is 5.13. The van der Waals surface area contributed by atoms with Gasteiger partial charge in [-0.3, -0.25) is 4.79 Å². The zero-order valence-electron chi connectivity index (χ0n) is 11.2. The Hall–Kier alpha value is -2.29. The first-order valence-corrected chi connectivity index (χ1v) is 6.92. The molecule has 3 nitrogen and oxygen atoms in total. The van der Waals surface area contributed by atoms with Crippen molar-refractivity contribution in [2.75, 3.05) is 0 Å². The van der Waals surface area contributed by atoms with E-state index in [-0.39, 0.29) is 11.9 Å². The van der Waals surface area contributed by atoms with Gasteiger partial charge in [-0.05, 0) is 48.6 Å². The zero-order chi connectivity index (χ0) is 13.9. The highest BCUT2D eigenvalue weighted by atomic mass is 16.3. The third kappa shape index (κ3) is 2.39. The molecule has 2 aromatic rings. The average Bonchev–Trinajstić information content (AvgIpc) is 2.49. The summed E-state index contributed by atoms with van der Waals surface area (Å²) in [5.74, 6) is 0.271. The highest BCUT2D eigenvalue weighted by Crippen LogP contribution is 2.34. The summed E-state index contributed by atoms with van der Waals surface area (Å²) in [5, 5.41) is 13.0. The Morgan fingerprint density at radius 3 is 2.70 bits per heavy atom. The Labute approximate surface area is 118 Å². The molecule has 0 saturated heterocycles. The Bertz CT molecular complexity index is 622. The number of hydrogen-bond donors (Lipinski definition) is 2. The van der Waals surface area contributed by atoms with Crippen molar-refractivity contribution in [3.05, 3.63) is 65.2 Å². The van der Waals surface area contributed by atoms with Crippen molar-refractivity contribution < 1.29 is 9.90 Å². The quantitative estimate of drug-likeness (QED) is 0.877. The van der Waals surface area contributed by atoms with Crippen LogP contribution >= 0.6 is 0 Å². The normalized spacial score (nSPS) is 17.3. The fourth-order valence-electron chi connectivity index (χ4n) is 2.81. The molecule has 3 heteroatoms. The molecule has 1 amide bonds. The summed E-state index contributed by atoms with van der Waals surface area (Å²) < 4.78 is 0. The number of amides is 1. The summed E-state index contributed by atoms with van der Waals surface area (Å²) >= 11 is 0. The molecular weight excluding hydrogens is 250 g/mol. The Morgan fingerprint density at radius 2 is 1.90 bits per heavy atom. The lowest BCUT2D eigenvalue weighted by molar-refractivity contribution is 0.0932. The van der Waals surface area contributed by atoms with Crippen LogP contribution < -0.4 is 5.32 Å². The minimum atomic E-state index is -0.0632. The highest BCUT2D eigenvalue weighted by molar-refractivity contribution is 5.94. The van der Waals surface area contributed by atoms with Crippen molar-refractivity contribution in [1.82, 2.24) is 5.32 Å². The van der Waals surface area contributed by atoms with E-state index < -0.39 is 0 Å². The van der Waals surface area contributed by atoms with Crippen molar-refractivity contribution in [2.45, 2.75) is 25.3 Å². The summed E-state index contributed by atoms with van der Waals surface area (Å²) in [4.78, 5) is 12.2. The molecule has 0 saturated carbocycles. The van der Waals surface area contributed by atoms with Crippen molar-refractivity contribution in [3.63, 3.8) is 0 Å². The van der Waals surface area contributed by atoms with Crippen LogP contribution in [-0.2, 0) is 6.42 Å². The second kappa shape index (κ2) is 5.37. The van der Waals surface area contributed by atoms with Crippen LogP contribution in [0.5, 0.6) is 5.75 Å². The van der Waals surface area contributed by atoms with Gasteiger partial charge in [-0.1, -0.05) is 30.3 Å². The molecular formula is C17H17NO2. The van der Waals surface area contributed by atoms with Crippen LogP contribution in [0.25, 0.3) is 0 Å². The molecule has 1 unspecified atom stereocenters. The lowest BCUT2D eigenvalue weighted by Gasteiger charge is -2.27. The summed E-state index contributed by atoms with van der Waals surface area (Å²) in [6, 6.07) is 14.7. The van der Waals surface area contributed by atoms with Crippen LogP contribution in [0.2, 0.25) is 0 Å². The van der Waals surface area contributed by atoms with Crippen molar-refractivity contribution in [1.29, 1.82) is 0 Å². The first-order chi connectivity index (χ1) is 9.75. The molecule has 1 aliphatic rings. The van der Waals surface area contributed by atoms with Gasteiger partial charge in [0.15, 0.2) is 0 Å². The van der Waals surface area contributed by atoms with Crippen molar-refractivity contribution in [3.8, 4) is 5.75 Å². The topological polar surface area (TPSA) is 49.3 Å². The molecule has 2 aromatic carbocycles. The van der Waals surface area contributed by atoms with Gasteiger partial charge in [0.2, 0.25) is 0 Å². The first-order valence-electron chi connectivity index (χ1n) is 6.92. The minimum Gasteiger partial charge on any atom is -0.508 e. The summed E-state index contributed by atoms with van der Waals surface area (Å²) in [6.07, 6.45) is 2.76. The van der Waals surface area contributed by atoms with E-state index in [0.717, 1.165) is 30.4 Å². The molecule has 102 valence electrons. The number of carbonyl (C=O) groups excluding carboxylic acids is 1. The van der Waals surface area contributed by atoms with Gasteiger partial charge in [-0.25, -0.2) is 0 Å². The molecule has 20 heavy (non-hydrogen) atoms.